The summed E-state index contributed by atoms with van der Waals surface area (Å²) < 4.78 is 0. The Morgan fingerprint density at radius 1 is 1.29 bits per heavy atom. The molecule has 1 aromatic carbocycles. The lowest BCUT2D eigenvalue weighted by molar-refractivity contribution is -0.143. The summed E-state index contributed by atoms with van der Waals surface area (Å²) in [6.07, 6.45) is 1.89. The minimum Gasteiger partial charge on any atom is -0.481 e. The summed E-state index contributed by atoms with van der Waals surface area (Å²) in [5.41, 5.74) is 1.80. The maximum Gasteiger partial charge on any atom is 0.312 e. The smallest absolute Gasteiger partial charge is 0.312 e. The first-order chi connectivity index (χ1) is 10.2. The molecule has 2 atom stereocenters. The van der Waals surface area contributed by atoms with E-state index in [1.54, 1.807) is 4.90 Å². The molecule has 5 nitrogen and oxygen atoms in total. The maximum absolute atomic E-state index is 12.6. The zero-order valence-electron chi connectivity index (χ0n) is 11.9. The van der Waals surface area contributed by atoms with Crippen LogP contribution in [0.2, 0.25) is 0 Å². The van der Waals surface area contributed by atoms with E-state index in [0.717, 1.165) is 30.5 Å². The van der Waals surface area contributed by atoms with Gasteiger partial charge < -0.3 is 15.3 Å². The molecule has 3 rings (SSSR count). The summed E-state index contributed by atoms with van der Waals surface area (Å²) in [4.78, 5) is 25.9. The molecule has 1 fully saturated rings. The summed E-state index contributed by atoms with van der Waals surface area (Å²) in [7, 11) is 0. The van der Waals surface area contributed by atoms with Crippen LogP contribution in [0.1, 0.15) is 29.9 Å². The highest BCUT2D eigenvalue weighted by Gasteiger charge is 2.35. The Balaban J connectivity index is 1.82. The second-order valence-electron chi connectivity index (χ2n) is 5.85. The lowest BCUT2D eigenvalue weighted by Gasteiger charge is -2.36. The Morgan fingerprint density at radius 2 is 2.10 bits per heavy atom. The van der Waals surface area contributed by atoms with Gasteiger partial charge in [-0.25, -0.2) is 0 Å². The Hall–Kier alpha value is -1.88. The Bertz CT molecular complexity index is 552. The zero-order chi connectivity index (χ0) is 14.8. The van der Waals surface area contributed by atoms with Crippen LogP contribution in [-0.4, -0.2) is 41.5 Å². The number of aliphatic carboxylic acids is 1. The third-order valence-electron chi connectivity index (χ3n) is 4.45. The number of hydrogen-bond donors (Lipinski definition) is 2. The Labute approximate surface area is 123 Å². The number of amides is 1. The molecule has 2 heterocycles. The number of benzene rings is 1. The van der Waals surface area contributed by atoms with E-state index in [2.05, 4.69) is 5.32 Å². The van der Waals surface area contributed by atoms with Crippen molar-refractivity contribution in [2.75, 3.05) is 19.6 Å². The van der Waals surface area contributed by atoms with Crippen LogP contribution in [0.15, 0.2) is 24.3 Å². The van der Waals surface area contributed by atoms with Crippen molar-refractivity contribution < 1.29 is 14.7 Å². The number of carbonyl (C=O) groups is 2. The van der Waals surface area contributed by atoms with Crippen molar-refractivity contribution in [1.29, 1.82) is 0 Å². The van der Waals surface area contributed by atoms with Crippen molar-refractivity contribution in [1.82, 2.24) is 10.2 Å². The Morgan fingerprint density at radius 3 is 2.81 bits per heavy atom. The summed E-state index contributed by atoms with van der Waals surface area (Å²) in [5, 5.41) is 12.7. The summed E-state index contributed by atoms with van der Waals surface area (Å²) in [6, 6.07) is 7.53. The lowest BCUT2D eigenvalue weighted by Crippen LogP contribution is -2.46. The molecule has 1 aromatic rings. The fourth-order valence-corrected chi connectivity index (χ4v) is 3.31. The van der Waals surface area contributed by atoms with E-state index in [0.29, 0.717) is 13.1 Å². The molecule has 2 aliphatic rings. The van der Waals surface area contributed by atoms with Crippen molar-refractivity contribution >= 4 is 11.9 Å². The van der Waals surface area contributed by atoms with Crippen LogP contribution in [0.3, 0.4) is 0 Å². The van der Waals surface area contributed by atoms with E-state index < -0.39 is 11.9 Å². The summed E-state index contributed by atoms with van der Waals surface area (Å²) >= 11 is 0. The predicted molar refractivity (Wildman–Crippen MR) is 77.8 cm³/mol. The van der Waals surface area contributed by atoms with E-state index in [1.807, 2.05) is 24.3 Å². The number of nitrogens with one attached hydrogen (secondary N) is 1. The van der Waals surface area contributed by atoms with Gasteiger partial charge in [-0.2, -0.15) is 0 Å². The SMILES string of the molecule is O=C(O)C1CN(C(=O)[C@@H]2CCCNC2)Cc2ccccc21. The molecule has 0 radical (unpaired) electrons. The van der Waals surface area contributed by atoms with Crippen LogP contribution in [-0.2, 0) is 16.1 Å². The molecule has 1 saturated heterocycles. The van der Waals surface area contributed by atoms with Gasteiger partial charge in [-0.05, 0) is 30.5 Å². The van der Waals surface area contributed by atoms with Crippen molar-refractivity contribution in [3.8, 4) is 0 Å². The highest BCUT2D eigenvalue weighted by molar-refractivity contribution is 5.83. The first-order valence-electron chi connectivity index (χ1n) is 7.47. The van der Waals surface area contributed by atoms with Crippen molar-refractivity contribution in [3.63, 3.8) is 0 Å². The molecule has 0 aliphatic carbocycles. The first kappa shape index (κ1) is 14.1. The van der Waals surface area contributed by atoms with Gasteiger partial charge in [0.1, 0.15) is 0 Å². The zero-order valence-corrected chi connectivity index (χ0v) is 11.9. The number of carboxylic acid groups (broad SMARTS) is 1. The summed E-state index contributed by atoms with van der Waals surface area (Å²) in [5.74, 6) is -1.40. The number of piperidine rings is 1. The minimum absolute atomic E-state index is 0.0153. The monoisotopic (exact) mass is 288 g/mol. The van der Waals surface area contributed by atoms with Crippen LogP contribution in [0.25, 0.3) is 0 Å². The van der Waals surface area contributed by atoms with E-state index >= 15 is 0 Å². The molecule has 0 aromatic heterocycles. The summed E-state index contributed by atoms with van der Waals surface area (Å²) in [6.45, 7) is 2.47. The van der Waals surface area contributed by atoms with Crippen molar-refractivity contribution in [2.24, 2.45) is 5.92 Å². The molecule has 0 saturated carbocycles. The molecule has 2 N–H and O–H groups in total. The van der Waals surface area contributed by atoms with Crippen LogP contribution in [0, 0.1) is 5.92 Å². The second-order valence-corrected chi connectivity index (χ2v) is 5.85. The van der Waals surface area contributed by atoms with Gasteiger partial charge in [0.2, 0.25) is 5.91 Å². The van der Waals surface area contributed by atoms with Gasteiger partial charge in [-0.1, -0.05) is 24.3 Å². The number of fused-ring (bicyclic) bond motifs is 1. The number of rotatable bonds is 2. The molecule has 1 amide bonds. The van der Waals surface area contributed by atoms with E-state index in [4.69, 9.17) is 0 Å². The number of carbonyl (C=O) groups excluding carboxylic acids is 1. The average molecular weight is 288 g/mol. The fourth-order valence-electron chi connectivity index (χ4n) is 3.31. The van der Waals surface area contributed by atoms with Crippen LogP contribution < -0.4 is 5.32 Å². The number of carboxylic acids is 1. The molecule has 2 aliphatic heterocycles. The van der Waals surface area contributed by atoms with E-state index in [9.17, 15) is 14.7 Å². The molecule has 0 bridgehead atoms. The van der Waals surface area contributed by atoms with Gasteiger partial charge in [-0.3, -0.25) is 9.59 Å². The highest BCUT2D eigenvalue weighted by atomic mass is 16.4. The van der Waals surface area contributed by atoms with Crippen LogP contribution in [0.4, 0.5) is 0 Å². The van der Waals surface area contributed by atoms with Crippen LogP contribution in [0.5, 0.6) is 0 Å². The van der Waals surface area contributed by atoms with Crippen molar-refractivity contribution in [2.45, 2.75) is 25.3 Å². The topological polar surface area (TPSA) is 69.6 Å². The van der Waals surface area contributed by atoms with E-state index in [1.165, 1.54) is 0 Å². The average Bonchev–Trinajstić information content (AvgIpc) is 2.53. The third-order valence-corrected chi connectivity index (χ3v) is 4.45. The molecule has 1 unspecified atom stereocenters. The van der Waals surface area contributed by atoms with Gasteiger partial charge >= 0.3 is 5.97 Å². The van der Waals surface area contributed by atoms with Gasteiger partial charge in [0.15, 0.2) is 0 Å². The molecule has 5 heteroatoms. The molecule has 112 valence electrons. The predicted octanol–water partition coefficient (Wildman–Crippen LogP) is 1.20. The number of hydrogen-bond acceptors (Lipinski definition) is 3. The number of nitrogens with zero attached hydrogens (tertiary/aromatic N) is 1. The molecule has 0 spiro atoms. The van der Waals surface area contributed by atoms with Crippen LogP contribution >= 0.6 is 0 Å². The first-order valence-corrected chi connectivity index (χ1v) is 7.47. The molecule has 21 heavy (non-hydrogen) atoms. The maximum atomic E-state index is 12.6. The third kappa shape index (κ3) is 2.78. The lowest BCUT2D eigenvalue weighted by atomic mass is 9.88. The molecular weight excluding hydrogens is 268 g/mol. The highest BCUT2D eigenvalue weighted by Crippen LogP contribution is 2.30. The fraction of sp³-hybridized carbons (Fsp3) is 0.500. The molecular formula is C16H20N2O3. The Kier molecular flexibility index (Phi) is 3.92. The van der Waals surface area contributed by atoms with Gasteiger partial charge in [0.05, 0.1) is 11.8 Å². The van der Waals surface area contributed by atoms with Crippen molar-refractivity contribution in [3.05, 3.63) is 35.4 Å². The minimum atomic E-state index is -0.860. The largest absolute Gasteiger partial charge is 0.481 e. The normalized spacial score (nSPS) is 25.2. The van der Waals surface area contributed by atoms with E-state index in [-0.39, 0.29) is 18.4 Å². The van der Waals surface area contributed by atoms with Gasteiger partial charge in [0, 0.05) is 19.6 Å². The van der Waals surface area contributed by atoms with Gasteiger partial charge in [0.25, 0.3) is 0 Å². The second kappa shape index (κ2) is 5.85. The van der Waals surface area contributed by atoms with Gasteiger partial charge in [-0.15, -0.1) is 0 Å². The standard InChI is InChI=1S/C16H20N2O3/c19-15(11-5-3-7-17-8-11)18-9-12-4-1-2-6-13(12)14(10-18)16(20)21/h1-2,4,6,11,14,17H,3,5,7-10H2,(H,20,21)/t11-,14?/m1/s1. The quantitative estimate of drug-likeness (QED) is 0.858.